The van der Waals surface area contributed by atoms with Crippen LogP contribution >= 0.6 is 11.3 Å². The van der Waals surface area contributed by atoms with Crippen molar-refractivity contribution in [3.05, 3.63) is 47.5 Å². The molecule has 0 aliphatic carbocycles. The Kier molecular flexibility index (Phi) is 3.43. The fourth-order valence-electron chi connectivity index (χ4n) is 2.21. The topological polar surface area (TPSA) is 54.6 Å². The number of rotatable bonds is 2. The minimum absolute atomic E-state index is 0.791. The number of anilines is 1. The van der Waals surface area contributed by atoms with Crippen molar-refractivity contribution in [3.63, 3.8) is 0 Å². The molecule has 1 heterocycles. The third-order valence-electron chi connectivity index (χ3n) is 3.54. The summed E-state index contributed by atoms with van der Waals surface area (Å²) in [6.07, 6.45) is 0. The molecule has 0 atom stereocenters. The Morgan fingerprint density at radius 1 is 1.05 bits per heavy atom. The van der Waals surface area contributed by atoms with Gasteiger partial charge in [0.2, 0.25) is 0 Å². The van der Waals surface area contributed by atoms with Crippen LogP contribution in [0.5, 0.6) is 0 Å². The van der Waals surface area contributed by atoms with Crippen LogP contribution in [0.2, 0.25) is 0 Å². The molecule has 0 saturated carbocycles. The second-order valence-electron chi connectivity index (χ2n) is 5.11. The standard InChI is InChI=1S/C16H16N4S/c1-10-9-13(11(2)8-12(10)17)18-19-16-20(3)14-6-4-5-7-15(14)21-16/h4-9,17H,1-3H3/p+1. The molecule has 1 aromatic heterocycles. The number of hydrogen-bond donors (Lipinski definition) is 1. The maximum absolute atomic E-state index is 5.90. The summed E-state index contributed by atoms with van der Waals surface area (Å²) in [5.41, 5.74) is 10.8. The van der Waals surface area contributed by atoms with Crippen molar-refractivity contribution in [3.8, 4) is 0 Å². The van der Waals surface area contributed by atoms with E-state index >= 15 is 0 Å². The molecule has 4 nitrogen and oxygen atoms in total. The summed E-state index contributed by atoms with van der Waals surface area (Å²) in [4.78, 5) is 0. The van der Waals surface area contributed by atoms with Crippen LogP contribution in [-0.4, -0.2) is 0 Å². The maximum atomic E-state index is 5.90. The molecule has 0 radical (unpaired) electrons. The van der Waals surface area contributed by atoms with Gasteiger partial charge in [0, 0.05) is 5.69 Å². The van der Waals surface area contributed by atoms with E-state index in [1.165, 1.54) is 10.2 Å². The number of benzene rings is 2. The van der Waals surface area contributed by atoms with Crippen molar-refractivity contribution in [1.29, 1.82) is 0 Å². The van der Waals surface area contributed by atoms with Gasteiger partial charge in [-0.1, -0.05) is 12.1 Å². The fraction of sp³-hybridized carbons (Fsp3) is 0.188. The lowest BCUT2D eigenvalue weighted by Crippen LogP contribution is -2.25. The Bertz CT molecular complexity index is 849. The Morgan fingerprint density at radius 3 is 2.57 bits per heavy atom. The smallest absolute Gasteiger partial charge is 0.399 e. The lowest BCUT2D eigenvalue weighted by atomic mass is 10.1. The van der Waals surface area contributed by atoms with Crippen molar-refractivity contribution in [1.82, 2.24) is 0 Å². The highest BCUT2D eigenvalue weighted by Gasteiger charge is 2.15. The summed E-state index contributed by atoms with van der Waals surface area (Å²) in [6, 6.07) is 12.2. The van der Waals surface area contributed by atoms with Gasteiger partial charge in [-0.2, -0.15) is 0 Å². The molecular formula is C16H17N4S+. The highest BCUT2D eigenvalue weighted by Crippen LogP contribution is 2.29. The molecule has 0 bridgehead atoms. The molecule has 3 aromatic rings. The highest BCUT2D eigenvalue weighted by atomic mass is 32.1. The van der Waals surface area contributed by atoms with Crippen molar-refractivity contribution in [2.24, 2.45) is 17.3 Å². The van der Waals surface area contributed by atoms with Gasteiger partial charge in [-0.3, -0.25) is 0 Å². The molecule has 0 aliphatic heterocycles. The number of nitrogen functional groups attached to an aromatic ring is 1. The number of nitrogens with zero attached hydrogens (tertiary/aromatic N) is 3. The van der Waals surface area contributed by atoms with E-state index < -0.39 is 0 Å². The van der Waals surface area contributed by atoms with Gasteiger partial charge >= 0.3 is 5.13 Å². The number of para-hydroxylation sites is 1. The highest BCUT2D eigenvalue weighted by molar-refractivity contribution is 7.21. The van der Waals surface area contributed by atoms with E-state index in [2.05, 4.69) is 26.9 Å². The summed E-state index contributed by atoms with van der Waals surface area (Å²) in [6.45, 7) is 3.97. The molecule has 0 amide bonds. The molecule has 0 fully saturated rings. The summed E-state index contributed by atoms with van der Waals surface area (Å²) >= 11 is 1.63. The monoisotopic (exact) mass is 297 g/mol. The molecule has 2 aromatic carbocycles. The van der Waals surface area contributed by atoms with Crippen LogP contribution in [0.15, 0.2) is 46.6 Å². The van der Waals surface area contributed by atoms with Crippen LogP contribution in [0, 0.1) is 13.8 Å². The average molecular weight is 297 g/mol. The fourth-order valence-corrected chi connectivity index (χ4v) is 3.18. The summed E-state index contributed by atoms with van der Waals surface area (Å²) in [7, 11) is 2.01. The molecule has 0 aliphatic rings. The third-order valence-corrected chi connectivity index (χ3v) is 4.65. The normalized spacial score (nSPS) is 11.6. The van der Waals surface area contributed by atoms with E-state index in [4.69, 9.17) is 5.73 Å². The van der Waals surface area contributed by atoms with Gasteiger partial charge in [0.25, 0.3) is 0 Å². The van der Waals surface area contributed by atoms with E-state index in [9.17, 15) is 0 Å². The SMILES string of the molecule is Cc1cc(N=Nc2sc3ccccc3[n+]2C)c(C)cc1N. The maximum Gasteiger partial charge on any atom is 0.409 e. The minimum Gasteiger partial charge on any atom is -0.399 e. The lowest BCUT2D eigenvalue weighted by Gasteiger charge is -2.02. The van der Waals surface area contributed by atoms with Crippen LogP contribution in [0.4, 0.5) is 16.5 Å². The summed E-state index contributed by atoms with van der Waals surface area (Å²) < 4.78 is 3.27. The van der Waals surface area contributed by atoms with Gasteiger partial charge in [-0.25, -0.2) is 4.57 Å². The van der Waals surface area contributed by atoms with Crippen LogP contribution < -0.4 is 10.3 Å². The van der Waals surface area contributed by atoms with E-state index in [0.717, 1.165) is 27.6 Å². The van der Waals surface area contributed by atoms with Crippen LogP contribution in [0.1, 0.15) is 11.1 Å². The first kappa shape index (κ1) is 13.7. The second-order valence-corrected chi connectivity index (χ2v) is 6.12. The number of azo groups is 1. The van der Waals surface area contributed by atoms with Crippen molar-refractivity contribution in [2.75, 3.05) is 5.73 Å². The zero-order valence-corrected chi connectivity index (χ0v) is 13.1. The number of nitrogens with two attached hydrogens (primary N) is 1. The summed E-state index contributed by atoms with van der Waals surface area (Å²) in [5.74, 6) is 0. The Hall–Kier alpha value is -2.27. The predicted octanol–water partition coefficient (Wildman–Crippen LogP) is 4.34. The number of aromatic nitrogens is 1. The molecule has 2 N–H and O–H groups in total. The first-order valence-electron chi connectivity index (χ1n) is 6.72. The first-order chi connectivity index (χ1) is 10.1. The summed E-state index contributed by atoms with van der Waals surface area (Å²) in [5, 5.41) is 9.68. The van der Waals surface area contributed by atoms with Crippen LogP contribution in [0.25, 0.3) is 10.2 Å². The molecule has 0 spiro atoms. The van der Waals surface area contributed by atoms with E-state index in [1.54, 1.807) is 11.3 Å². The van der Waals surface area contributed by atoms with Gasteiger partial charge in [0.05, 0.1) is 16.9 Å². The van der Waals surface area contributed by atoms with Crippen LogP contribution in [-0.2, 0) is 7.05 Å². The molecular weight excluding hydrogens is 280 g/mol. The van der Waals surface area contributed by atoms with Gasteiger partial charge < -0.3 is 5.73 Å². The second kappa shape index (κ2) is 5.26. The lowest BCUT2D eigenvalue weighted by molar-refractivity contribution is -0.627. The zero-order chi connectivity index (χ0) is 15.0. The quantitative estimate of drug-likeness (QED) is 0.427. The number of aryl methyl sites for hydroxylation is 3. The average Bonchev–Trinajstić information content (AvgIpc) is 2.79. The molecule has 106 valence electrons. The Labute approximate surface area is 127 Å². The van der Waals surface area contributed by atoms with Crippen LogP contribution in [0.3, 0.4) is 0 Å². The predicted molar refractivity (Wildman–Crippen MR) is 87.5 cm³/mol. The Morgan fingerprint density at radius 2 is 1.81 bits per heavy atom. The van der Waals surface area contributed by atoms with E-state index in [1.807, 2.05) is 45.2 Å². The van der Waals surface area contributed by atoms with Gasteiger partial charge in [-0.05, 0) is 65.7 Å². The van der Waals surface area contributed by atoms with Crippen molar-refractivity contribution in [2.45, 2.75) is 13.8 Å². The largest absolute Gasteiger partial charge is 0.409 e. The third kappa shape index (κ3) is 2.52. The zero-order valence-electron chi connectivity index (χ0n) is 12.3. The molecule has 0 saturated heterocycles. The van der Waals surface area contributed by atoms with Gasteiger partial charge in [0.1, 0.15) is 11.2 Å². The van der Waals surface area contributed by atoms with Gasteiger partial charge in [0.15, 0.2) is 0 Å². The van der Waals surface area contributed by atoms with Gasteiger partial charge in [-0.15, -0.1) is 0 Å². The van der Waals surface area contributed by atoms with Crippen molar-refractivity contribution >= 4 is 38.1 Å². The number of fused-ring (bicyclic) bond motifs is 1. The number of hydrogen-bond acceptors (Lipinski definition) is 4. The first-order valence-corrected chi connectivity index (χ1v) is 7.54. The molecule has 3 rings (SSSR count). The van der Waals surface area contributed by atoms with Crippen molar-refractivity contribution < 1.29 is 4.57 Å². The Balaban J connectivity index is 2.02. The minimum atomic E-state index is 0.791. The molecule has 0 unspecified atom stereocenters. The van der Waals surface area contributed by atoms with E-state index in [0.29, 0.717) is 0 Å². The molecule has 5 heteroatoms. The molecule has 21 heavy (non-hydrogen) atoms. The van der Waals surface area contributed by atoms with E-state index in [-0.39, 0.29) is 0 Å². The number of thiazole rings is 1.